The molecule has 1 aliphatic carbocycles. The fourth-order valence-corrected chi connectivity index (χ4v) is 4.71. The number of fused-ring (bicyclic) bond motifs is 1. The fraction of sp³-hybridized carbons (Fsp3) is 0.308. The van der Waals surface area contributed by atoms with Gasteiger partial charge in [0.15, 0.2) is 0 Å². The molecule has 0 unspecified atom stereocenters. The number of rotatable bonds is 6. The third-order valence-electron chi connectivity index (χ3n) is 6.59. The molecule has 1 aromatic heterocycles. The Morgan fingerprint density at radius 2 is 2.00 bits per heavy atom. The van der Waals surface area contributed by atoms with Crippen molar-refractivity contribution in [2.45, 2.75) is 31.2 Å². The third kappa shape index (κ3) is 3.93. The summed E-state index contributed by atoms with van der Waals surface area (Å²) >= 11 is 0. The molecule has 1 fully saturated rings. The van der Waals surface area contributed by atoms with Crippen LogP contribution in [0.5, 0.6) is 0 Å². The number of carbonyl (C=O) groups is 1. The predicted octanol–water partition coefficient (Wildman–Crippen LogP) is 4.97. The molecule has 3 aromatic rings. The number of carboxylic acid groups (broad SMARTS) is 1. The van der Waals surface area contributed by atoms with Crippen molar-refractivity contribution in [3.05, 3.63) is 83.2 Å². The van der Waals surface area contributed by atoms with Crippen LogP contribution in [0.2, 0.25) is 0 Å². The van der Waals surface area contributed by atoms with Crippen LogP contribution in [-0.4, -0.2) is 41.1 Å². The van der Waals surface area contributed by atoms with Crippen LogP contribution in [0.25, 0.3) is 11.1 Å². The SMILES string of the molecule is CN1CCc2cc(-c3ccccc3C3CC3)ccc2[C@H]1CNc1cnccc1C(=O)O. The molecule has 2 heterocycles. The Balaban J connectivity index is 1.42. The molecule has 5 nitrogen and oxygen atoms in total. The largest absolute Gasteiger partial charge is 0.478 e. The summed E-state index contributed by atoms with van der Waals surface area (Å²) in [6, 6.07) is 17.4. The van der Waals surface area contributed by atoms with E-state index in [4.69, 9.17) is 0 Å². The van der Waals surface area contributed by atoms with Crippen LogP contribution >= 0.6 is 0 Å². The van der Waals surface area contributed by atoms with Gasteiger partial charge in [-0.2, -0.15) is 0 Å². The van der Waals surface area contributed by atoms with E-state index in [-0.39, 0.29) is 11.6 Å². The van der Waals surface area contributed by atoms with Gasteiger partial charge in [0, 0.05) is 19.3 Å². The lowest BCUT2D eigenvalue weighted by Gasteiger charge is -2.35. The lowest BCUT2D eigenvalue weighted by atomic mass is 9.88. The van der Waals surface area contributed by atoms with Gasteiger partial charge in [0.1, 0.15) is 0 Å². The first-order valence-electron chi connectivity index (χ1n) is 11.0. The number of pyridine rings is 1. The number of benzene rings is 2. The molecule has 0 amide bonds. The number of likely N-dealkylation sites (N-methyl/N-ethyl adjacent to an activating group) is 1. The molecule has 1 saturated carbocycles. The monoisotopic (exact) mass is 413 g/mol. The second-order valence-corrected chi connectivity index (χ2v) is 8.63. The van der Waals surface area contributed by atoms with Gasteiger partial charge in [-0.3, -0.25) is 9.88 Å². The van der Waals surface area contributed by atoms with Crippen molar-refractivity contribution in [3.8, 4) is 11.1 Å². The molecule has 5 rings (SSSR count). The highest BCUT2D eigenvalue weighted by atomic mass is 16.4. The summed E-state index contributed by atoms with van der Waals surface area (Å²) in [4.78, 5) is 17.9. The number of aromatic nitrogens is 1. The Kier molecular flexibility index (Phi) is 5.20. The summed E-state index contributed by atoms with van der Waals surface area (Å²) in [7, 11) is 2.13. The van der Waals surface area contributed by atoms with Crippen LogP contribution in [0.1, 0.15) is 51.8 Å². The van der Waals surface area contributed by atoms with E-state index in [1.807, 2.05) is 0 Å². The number of hydrogen-bond acceptors (Lipinski definition) is 4. The molecule has 0 bridgehead atoms. The molecule has 2 N–H and O–H groups in total. The van der Waals surface area contributed by atoms with E-state index in [1.54, 1.807) is 6.20 Å². The maximum absolute atomic E-state index is 11.5. The van der Waals surface area contributed by atoms with Crippen LogP contribution in [-0.2, 0) is 6.42 Å². The van der Waals surface area contributed by atoms with Crippen LogP contribution in [0.15, 0.2) is 60.9 Å². The van der Waals surface area contributed by atoms with Gasteiger partial charge < -0.3 is 10.4 Å². The quantitative estimate of drug-likeness (QED) is 0.598. The van der Waals surface area contributed by atoms with Crippen LogP contribution < -0.4 is 5.32 Å². The molecule has 1 aliphatic heterocycles. The van der Waals surface area contributed by atoms with Crippen molar-refractivity contribution in [3.63, 3.8) is 0 Å². The molecule has 5 heteroatoms. The van der Waals surface area contributed by atoms with E-state index in [1.165, 1.54) is 52.9 Å². The van der Waals surface area contributed by atoms with Gasteiger partial charge in [0.05, 0.1) is 23.5 Å². The molecule has 158 valence electrons. The Bertz CT molecular complexity index is 1120. The normalized spacial score (nSPS) is 18.4. The van der Waals surface area contributed by atoms with Gasteiger partial charge in [-0.25, -0.2) is 4.79 Å². The van der Waals surface area contributed by atoms with Gasteiger partial charge in [-0.15, -0.1) is 0 Å². The summed E-state index contributed by atoms with van der Waals surface area (Å²) < 4.78 is 0. The highest BCUT2D eigenvalue weighted by Crippen LogP contribution is 2.45. The highest BCUT2D eigenvalue weighted by Gasteiger charge is 2.28. The summed E-state index contributed by atoms with van der Waals surface area (Å²) in [5.74, 6) is -0.223. The Labute approximate surface area is 182 Å². The fourth-order valence-electron chi connectivity index (χ4n) is 4.71. The Hall–Kier alpha value is -3.18. The smallest absolute Gasteiger partial charge is 0.337 e. The lowest BCUT2D eigenvalue weighted by molar-refractivity contribution is 0.0697. The second kappa shape index (κ2) is 8.16. The molecular formula is C26H27N3O2. The Morgan fingerprint density at radius 3 is 2.81 bits per heavy atom. The first kappa shape index (κ1) is 19.8. The first-order valence-corrected chi connectivity index (χ1v) is 11.0. The summed E-state index contributed by atoms with van der Waals surface area (Å²) in [6.07, 6.45) is 6.72. The van der Waals surface area contributed by atoms with Crippen molar-refractivity contribution in [2.75, 3.05) is 25.5 Å². The number of anilines is 1. The van der Waals surface area contributed by atoms with E-state index < -0.39 is 5.97 Å². The molecule has 2 aliphatic rings. The standard InChI is InChI=1S/C26H27N3O2/c1-29-13-11-19-14-18(21-5-3-2-4-20(21)17-6-7-17)8-9-22(19)25(29)16-28-24-15-27-12-10-23(24)26(30)31/h2-5,8-10,12,14-15,17,25,28H,6-7,11,13,16H2,1H3,(H,30,31)/t25-/m1/s1. The van der Waals surface area contributed by atoms with Gasteiger partial charge >= 0.3 is 5.97 Å². The number of nitrogens with one attached hydrogen (secondary N) is 1. The van der Waals surface area contributed by atoms with Crippen molar-refractivity contribution >= 4 is 11.7 Å². The molecule has 2 aromatic carbocycles. The van der Waals surface area contributed by atoms with Gasteiger partial charge in [0.2, 0.25) is 0 Å². The number of hydrogen-bond donors (Lipinski definition) is 2. The van der Waals surface area contributed by atoms with E-state index in [0.29, 0.717) is 12.2 Å². The topological polar surface area (TPSA) is 65.5 Å². The first-order chi connectivity index (χ1) is 15.1. The molecule has 0 radical (unpaired) electrons. The highest BCUT2D eigenvalue weighted by molar-refractivity contribution is 5.93. The van der Waals surface area contributed by atoms with Gasteiger partial charge in [0.25, 0.3) is 0 Å². The number of nitrogens with zero attached hydrogens (tertiary/aromatic N) is 2. The average molecular weight is 414 g/mol. The van der Waals surface area contributed by atoms with E-state index in [9.17, 15) is 9.90 Å². The summed E-state index contributed by atoms with van der Waals surface area (Å²) in [5, 5.41) is 12.8. The summed E-state index contributed by atoms with van der Waals surface area (Å²) in [6.45, 7) is 1.61. The zero-order chi connectivity index (χ0) is 21.4. The predicted molar refractivity (Wildman–Crippen MR) is 123 cm³/mol. The Morgan fingerprint density at radius 1 is 1.16 bits per heavy atom. The lowest BCUT2D eigenvalue weighted by Crippen LogP contribution is -2.36. The minimum absolute atomic E-state index is 0.179. The minimum atomic E-state index is -0.943. The van der Waals surface area contributed by atoms with Crippen LogP contribution in [0, 0.1) is 0 Å². The van der Waals surface area contributed by atoms with Crippen LogP contribution in [0.4, 0.5) is 5.69 Å². The van der Waals surface area contributed by atoms with Crippen molar-refractivity contribution in [1.29, 1.82) is 0 Å². The van der Waals surface area contributed by atoms with Gasteiger partial charge in [-0.1, -0.05) is 42.5 Å². The maximum Gasteiger partial charge on any atom is 0.337 e. The van der Waals surface area contributed by atoms with Crippen molar-refractivity contribution < 1.29 is 9.90 Å². The number of carboxylic acids is 1. The molecule has 0 spiro atoms. The van der Waals surface area contributed by atoms with Crippen molar-refractivity contribution in [1.82, 2.24) is 9.88 Å². The molecule has 31 heavy (non-hydrogen) atoms. The number of aromatic carboxylic acids is 1. The van der Waals surface area contributed by atoms with Crippen molar-refractivity contribution in [2.24, 2.45) is 0 Å². The average Bonchev–Trinajstić information content (AvgIpc) is 3.64. The van der Waals surface area contributed by atoms with E-state index in [0.717, 1.165) is 18.9 Å². The third-order valence-corrected chi connectivity index (χ3v) is 6.59. The zero-order valence-corrected chi connectivity index (χ0v) is 17.7. The second-order valence-electron chi connectivity index (χ2n) is 8.63. The molecule has 1 atom stereocenters. The minimum Gasteiger partial charge on any atom is -0.478 e. The van der Waals surface area contributed by atoms with Gasteiger partial charge in [-0.05, 0) is 66.1 Å². The molecule has 0 saturated heterocycles. The summed E-state index contributed by atoms with van der Waals surface area (Å²) in [5.41, 5.74) is 7.66. The van der Waals surface area contributed by atoms with E-state index >= 15 is 0 Å². The maximum atomic E-state index is 11.5. The zero-order valence-electron chi connectivity index (χ0n) is 17.7. The van der Waals surface area contributed by atoms with E-state index in [2.05, 4.69) is 64.7 Å². The molecular weight excluding hydrogens is 386 g/mol. The van der Waals surface area contributed by atoms with Crippen LogP contribution in [0.3, 0.4) is 0 Å².